The Labute approximate surface area is 184 Å². The normalized spacial score (nSPS) is 14.2. The fourth-order valence-corrected chi connectivity index (χ4v) is 4.06. The lowest BCUT2D eigenvalue weighted by Gasteiger charge is -2.25. The molecule has 2 heterocycles. The largest absolute Gasteiger partial charge is 0.422 e. The summed E-state index contributed by atoms with van der Waals surface area (Å²) in [5.74, 6) is 0.359. The zero-order valence-corrected chi connectivity index (χ0v) is 18.1. The molecular formula is C23H21Cl2NO4. The van der Waals surface area contributed by atoms with E-state index in [1.165, 1.54) is 0 Å². The molecule has 5 nitrogen and oxygen atoms in total. The van der Waals surface area contributed by atoms with Crippen LogP contribution in [0.2, 0.25) is 10.0 Å². The Hall–Kier alpha value is -2.50. The molecule has 1 aliphatic heterocycles. The summed E-state index contributed by atoms with van der Waals surface area (Å²) in [5.41, 5.74) is 2.20. The first kappa shape index (κ1) is 20.8. The zero-order chi connectivity index (χ0) is 21.3. The van der Waals surface area contributed by atoms with Gasteiger partial charge < -0.3 is 14.1 Å². The van der Waals surface area contributed by atoms with Crippen molar-refractivity contribution in [2.24, 2.45) is 0 Å². The molecule has 3 aromatic rings. The minimum Gasteiger partial charge on any atom is -0.422 e. The first-order chi connectivity index (χ1) is 14.4. The maximum atomic E-state index is 12.6. The molecule has 1 amide bonds. The second-order valence-corrected chi connectivity index (χ2v) is 8.31. The van der Waals surface area contributed by atoms with Crippen molar-refractivity contribution in [1.82, 2.24) is 4.90 Å². The van der Waals surface area contributed by atoms with E-state index in [0.717, 1.165) is 35.8 Å². The number of ether oxygens (including phenoxy) is 1. The Morgan fingerprint density at radius 2 is 1.83 bits per heavy atom. The van der Waals surface area contributed by atoms with Gasteiger partial charge in [-0.15, -0.1) is 0 Å². The fraction of sp³-hybridized carbons (Fsp3) is 0.304. The van der Waals surface area contributed by atoms with Crippen molar-refractivity contribution in [3.63, 3.8) is 0 Å². The molecule has 0 radical (unpaired) electrons. The summed E-state index contributed by atoms with van der Waals surface area (Å²) in [6.45, 7) is 3.29. The Morgan fingerprint density at radius 3 is 2.57 bits per heavy atom. The van der Waals surface area contributed by atoms with E-state index in [4.69, 9.17) is 32.4 Å². The molecule has 4 rings (SSSR count). The van der Waals surface area contributed by atoms with Crippen LogP contribution in [0.5, 0.6) is 5.75 Å². The predicted molar refractivity (Wildman–Crippen MR) is 118 cm³/mol. The lowest BCUT2D eigenvalue weighted by Crippen LogP contribution is -2.37. The minimum atomic E-state index is -0.425. The molecule has 1 fully saturated rings. The maximum absolute atomic E-state index is 12.6. The van der Waals surface area contributed by atoms with E-state index < -0.39 is 5.63 Å². The Balaban J connectivity index is 1.61. The molecule has 0 saturated carbocycles. The number of nitrogens with zero attached hydrogens (tertiary/aromatic N) is 1. The summed E-state index contributed by atoms with van der Waals surface area (Å²) >= 11 is 12.1. The number of fused-ring (bicyclic) bond motifs is 1. The average Bonchev–Trinajstić information content (AvgIpc) is 2.74. The zero-order valence-electron chi connectivity index (χ0n) is 16.5. The molecule has 0 atom stereocenters. The number of rotatable bonds is 3. The van der Waals surface area contributed by atoms with Crippen LogP contribution in [0, 0.1) is 6.92 Å². The van der Waals surface area contributed by atoms with Crippen LogP contribution in [-0.2, 0) is 6.42 Å². The van der Waals surface area contributed by atoms with Crippen LogP contribution in [0.15, 0.2) is 45.6 Å². The van der Waals surface area contributed by atoms with Crippen LogP contribution >= 0.6 is 23.2 Å². The quantitative estimate of drug-likeness (QED) is 0.464. The molecule has 0 bridgehead atoms. The molecule has 0 spiro atoms. The van der Waals surface area contributed by atoms with E-state index in [-0.39, 0.29) is 6.09 Å². The molecule has 0 N–H and O–H groups in total. The van der Waals surface area contributed by atoms with Crippen molar-refractivity contribution >= 4 is 40.3 Å². The number of aryl methyl sites for hydroxylation is 1. The number of halogens is 2. The number of carbonyl (C=O) groups is 1. The van der Waals surface area contributed by atoms with Crippen molar-refractivity contribution in [2.75, 3.05) is 13.1 Å². The number of hydrogen-bond acceptors (Lipinski definition) is 4. The average molecular weight is 446 g/mol. The van der Waals surface area contributed by atoms with E-state index in [0.29, 0.717) is 46.5 Å². The van der Waals surface area contributed by atoms with Gasteiger partial charge in [0, 0.05) is 36.5 Å². The van der Waals surface area contributed by atoms with Gasteiger partial charge >= 0.3 is 11.7 Å². The van der Waals surface area contributed by atoms with Crippen LogP contribution < -0.4 is 10.4 Å². The van der Waals surface area contributed by atoms with Gasteiger partial charge in [-0.05, 0) is 61.6 Å². The lowest BCUT2D eigenvalue weighted by molar-refractivity contribution is 0.142. The van der Waals surface area contributed by atoms with Crippen LogP contribution in [-0.4, -0.2) is 24.1 Å². The lowest BCUT2D eigenvalue weighted by atomic mass is 9.99. The van der Waals surface area contributed by atoms with E-state index in [1.807, 2.05) is 19.1 Å². The molecular weight excluding hydrogens is 425 g/mol. The van der Waals surface area contributed by atoms with E-state index in [1.54, 1.807) is 29.2 Å². The predicted octanol–water partition coefficient (Wildman–Crippen LogP) is 5.98. The third-order valence-corrected chi connectivity index (χ3v) is 6.18. The molecule has 0 unspecified atom stereocenters. The van der Waals surface area contributed by atoms with Crippen molar-refractivity contribution < 1.29 is 13.9 Å². The molecule has 1 aliphatic rings. The summed E-state index contributed by atoms with van der Waals surface area (Å²) in [7, 11) is 0. The Morgan fingerprint density at radius 1 is 1.07 bits per heavy atom. The highest BCUT2D eigenvalue weighted by atomic mass is 35.5. The van der Waals surface area contributed by atoms with Gasteiger partial charge in [0.2, 0.25) is 0 Å². The first-order valence-electron chi connectivity index (χ1n) is 9.89. The summed E-state index contributed by atoms with van der Waals surface area (Å²) in [6, 6.07) is 10.4. The number of carbonyl (C=O) groups excluding carboxylic acids is 1. The van der Waals surface area contributed by atoms with Gasteiger partial charge in [-0.2, -0.15) is 0 Å². The molecule has 0 aliphatic carbocycles. The summed E-state index contributed by atoms with van der Waals surface area (Å²) in [5, 5.41) is 1.70. The van der Waals surface area contributed by atoms with Gasteiger partial charge in [-0.3, -0.25) is 0 Å². The number of amides is 1. The van der Waals surface area contributed by atoms with Gasteiger partial charge in [0.1, 0.15) is 11.3 Å². The third-order valence-electron chi connectivity index (χ3n) is 5.44. The van der Waals surface area contributed by atoms with Crippen LogP contribution in [0.3, 0.4) is 0 Å². The monoisotopic (exact) mass is 445 g/mol. The van der Waals surface area contributed by atoms with Gasteiger partial charge in [0.25, 0.3) is 0 Å². The van der Waals surface area contributed by atoms with Gasteiger partial charge in [0.15, 0.2) is 0 Å². The number of likely N-dealkylation sites (tertiary alicyclic amines) is 1. The highest BCUT2D eigenvalue weighted by molar-refractivity contribution is 6.42. The summed E-state index contributed by atoms with van der Waals surface area (Å²) < 4.78 is 11.0. The van der Waals surface area contributed by atoms with Gasteiger partial charge in [0.05, 0.1) is 10.0 Å². The van der Waals surface area contributed by atoms with Crippen LogP contribution in [0.4, 0.5) is 4.79 Å². The molecule has 156 valence electrons. The third kappa shape index (κ3) is 4.32. The Bertz CT molecular complexity index is 1170. The topological polar surface area (TPSA) is 59.8 Å². The molecule has 1 aromatic heterocycles. The molecule has 2 aromatic carbocycles. The van der Waals surface area contributed by atoms with Crippen molar-refractivity contribution in [3.8, 4) is 5.75 Å². The van der Waals surface area contributed by atoms with Crippen LogP contribution in [0.1, 0.15) is 36.0 Å². The molecule has 7 heteroatoms. The number of hydrogen-bond donors (Lipinski definition) is 0. The molecule has 1 saturated heterocycles. The van der Waals surface area contributed by atoms with Crippen molar-refractivity contribution in [3.05, 3.63) is 73.6 Å². The second-order valence-electron chi connectivity index (χ2n) is 7.49. The first-order valence-corrected chi connectivity index (χ1v) is 10.6. The SMILES string of the molecule is Cc1c(Cc2ccc(Cl)c(Cl)c2)c(=O)oc2cc(OC(=O)N3CCCCC3)ccc12. The smallest absolute Gasteiger partial charge is 0.415 e. The molecule has 30 heavy (non-hydrogen) atoms. The number of benzene rings is 2. The van der Waals surface area contributed by atoms with Gasteiger partial charge in [-0.1, -0.05) is 29.3 Å². The highest BCUT2D eigenvalue weighted by Gasteiger charge is 2.19. The number of piperidine rings is 1. The van der Waals surface area contributed by atoms with Crippen LogP contribution in [0.25, 0.3) is 11.0 Å². The summed E-state index contributed by atoms with van der Waals surface area (Å²) in [6.07, 6.45) is 3.12. The van der Waals surface area contributed by atoms with E-state index in [2.05, 4.69) is 0 Å². The van der Waals surface area contributed by atoms with Crippen molar-refractivity contribution in [2.45, 2.75) is 32.6 Å². The van der Waals surface area contributed by atoms with Crippen molar-refractivity contribution in [1.29, 1.82) is 0 Å². The van der Waals surface area contributed by atoms with Gasteiger partial charge in [-0.25, -0.2) is 9.59 Å². The van der Waals surface area contributed by atoms with E-state index in [9.17, 15) is 9.59 Å². The summed E-state index contributed by atoms with van der Waals surface area (Å²) in [4.78, 5) is 26.7. The highest BCUT2D eigenvalue weighted by Crippen LogP contribution is 2.28. The standard InChI is InChI=1S/C23H21Cl2NO4/c1-14-17-7-6-16(29-23(28)26-9-3-2-4-10-26)13-21(17)30-22(27)18(14)11-15-5-8-19(24)20(25)12-15/h5-8,12-13H,2-4,9-11H2,1H3. The maximum Gasteiger partial charge on any atom is 0.415 e. The minimum absolute atomic E-state index is 0.359. The Kier molecular flexibility index (Phi) is 6.02. The fourth-order valence-electron chi connectivity index (χ4n) is 3.74. The second kappa shape index (κ2) is 8.70. The van der Waals surface area contributed by atoms with E-state index >= 15 is 0 Å².